The predicted molar refractivity (Wildman–Crippen MR) is 104 cm³/mol. The van der Waals surface area contributed by atoms with Gasteiger partial charge in [-0.3, -0.25) is 0 Å². The van der Waals surface area contributed by atoms with Crippen LogP contribution in [0.1, 0.15) is 23.7 Å². The average molecular weight is 477 g/mol. The molecule has 0 aliphatic heterocycles. The van der Waals surface area contributed by atoms with Crippen molar-refractivity contribution in [1.82, 2.24) is 25.2 Å². The van der Waals surface area contributed by atoms with Gasteiger partial charge >= 0.3 is 6.18 Å². The van der Waals surface area contributed by atoms with Gasteiger partial charge in [0.2, 0.25) is 15.8 Å². The molecule has 0 aliphatic carbocycles. The Morgan fingerprint density at radius 1 is 1.23 bits per heavy atom. The molecule has 2 heterocycles. The van der Waals surface area contributed by atoms with Crippen LogP contribution in [0.5, 0.6) is 0 Å². The van der Waals surface area contributed by atoms with Gasteiger partial charge in [0.15, 0.2) is 0 Å². The topological polar surface area (TPSA) is 137 Å². The molecule has 0 saturated heterocycles. The van der Waals surface area contributed by atoms with Gasteiger partial charge in [0.25, 0.3) is 0 Å². The first-order chi connectivity index (χ1) is 14.2. The van der Waals surface area contributed by atoms with E-state index in [4.69, 9.17) is 16.7 Å². The van der Waals surface area contributed by atoms with Crippen molar-refractivity contribution in [3.05, 3.63) is 58.2 Å². The molecule has 166 valence electrons. The van der Waals surface area contributed by atoms with Crippen LogP contribution in [0.2, 0.25) is 5.02 Å². The highest BCUT2D eigenvalue weighted by molar-refractivity contribution is 7.89. The molecule has 0 saturated carbocycles. The molecule has 1 atom stereocenters. The van der Waals surface area contributed by atoms with E-state index in [1.807, 2.05) is 0 Å². The predicted octanol–water partition coefficient (Wildman–Crippen LogP) is 1.95. The Bertz CT molecular complexity index is 1210. The molecule has 0 fully saturated rings. The second-order valence-corrected chi connectivity index (χ2v) is 8.98. The largest absolute Gasteiger partial charge is 0.416 e. The zero-order chi connectivity index (χ0) is 23.0. The summed E-state index contributed by atoms with van der Waals surface area (Å²) in [7, 11) is -4.00. The van der Waals surface area contributed by atoms with Crippen molar-refractivity contribution in [2.45, 2.75) is 25.2 Å². The Hall–Kier alpha value is -2.61. The van der Waals surface area contributed by atoms with Crippen LogP contribution in [0.25, 0.3) is 11.5 Å². The van der Waals surface area contributed by atoms with Crippen LogP contribution in [0.15, 0.2) is 36.4 Å². The summed E-state index contributed by atoms with van der Waals surface area (Å²) in [5.74, 6) is -0.810. The lowest BCUT2D eigenvalue weighted by atomic mass is 10.0. The molecule has 3 rings (SSSR count). The Balaban J connectivity index is 1.90. The molecule has 31 heavy (non-hydrogen) atoms. The molecule has 2 aromatic heterocycles. The van der Waals surface area contributed by atoms with Gasteiger partial charge in [-0.2, -0.15) is 18.0 Å². The van der Waals surface area contributed by atoms with Crippen molar-refractivity contribution >= 4 is 21.6 Å². The molecule has 0 amide bonds. The molecule has 3 aromatic rings. The Morgan fingerprint density at radius 3 is 2.58 bits per heavy atom. The first-order valence-electron chi connectivity index (χ1n) is 8.59. The van der Waals surface area contributed by atoms with Crippen molar-refractivity contribution in [3.63, 3.8) is 0 Å². The van der Waals surface area contributed by atoms with Gasteiger partial charge in [0.1, 0.15) is 11.3 Å². The maximum absolute atomic E-state index is 13.2. The number of primary sulfonamides is 1. The molecule has 0 radical (unpaired) electrons. The molecule has 14 heteroatoms. The zero-order valence-corrected chi connectivity index (χ0v) is 17.4. The lowest BCUT2D eigenvalue weighted by Gasteiger charge is -2.21. The highest BCUT2D eigenvalue weighted by Crippen LogP contribution is 2.33. The van der Waals surface area contributed by atoms with Crippen LogP contribution in [-0.2, 0) is 28.3 Å². The normalized spacial score (nSPS) is 14.4. The number of alkyl halides is 3. The van der Waals surface area contributed by atoms with Gasteiger partial charge in [-0.1, -0.05) is 17.7 Å². The van der Waals surface area contributed by atoms with Crippen molar-refractivity contribution in [2.24, 2.45) is 5.14 Å². The van der Waals surface area contributed by atoms with Crippen LogP contribution in [0.3, 0.4) is 0 Å². The maximum atomic E-state index is 13.2. The zero-order valence-electron chi connectivity index (χ0n) is 15.9. The standard InChI is InChI=1S/C17H16ClF3N6O3S/c1-16(28,9-31(22,29)30)14-4-2-3-13(23-14)15-24-26-27(25-15)8-10-7-11(18)5-6-12(10)17(19,20)21/h2-7,28H,8-9H2,1H3,(H2,22,29,30)/t16-/m0/s1. The number of nitrogens with zero attached hydrogens (tertiary/aromatic N) is 5. The summed E-state index contributed by atoms with van der Waals surface area (Å²) in [5, 5.41) is 27.1. The van der Waals surface area contributed by atoms with Gasteiger partial charge < -0.3 is 5.11 Å². The van der Waals surface area contributed by atoms with Gasteiger partial charge in [0.05, 0.1) is 23.6 Å². The number of halogens is 4. The van der Waals surface area contributed by atoms with Crippen LogP contribution in [-0.4, -0.2) is 44.5 Å². The molecule has 0 spiro atoms. The van der Waals surface area contributed by atoms with Crippen molar-refractivity contribution < 1.29 is 26.7 Å². The van der Waals surface area contributed by atoms with E-state index in [0.29, 0.717) is 0 Å². The quantitative estimate of drug-likeness (QED) is 0.554. The van der Waals surface area contributed by atoms with Crippen LogP contribution >= 0.6 is 11.6 Å². The number of benzene rings is 1. The highest BCUT2D eigenvalue weighted by Gasteiger charge is 2.34. The summed E-state index contributed by atoms with van der Waals surface area (Å²) in [6.07, 6.45) is -4.59. The number of rotatable bonds is 6. The van der Waals surface area contributed by atoms with Crippen LogP contribution in [0.4, 0.5) is 13.2 Å². The first-order valence-corrected chi connectivity index (χ1v) is 10.7. The smallest absolute Gasteiger partial charge is 0.383 e. The minimum atomic E-state index is -4.59. The van der Waals surface area contributed by atoms with E-state index in [9.17, 15) is 26.7 Å². The minimum absolute atomic E-state index is 0.00965. The molecule has 3 N–H and O–H groups in total. The van der Waals surface area contributed by atoms with Crippen LogP contribution < -0.4 is 5.14 Å². The number of hydrogen-bond acceptors (Lipinski definition) is 7. The van der Waals surface area contributed by atoms with E-state index in [-0.39, 0.29) is 34.3 Å². The third-order valence-corrected chi connectivity index (χ3v) is 5.35. The van der Waals surface area contributed by atoms with E-state index >= 15 is 0 Å². The fourth-order valence-electron chi connectivity index (χ4n) is 2.86. The number of pyridine rings is 1. The first kappa shape index (κ1) is 23.1. The molecule has 9 nitrogen and oxygen atoms in total. The van der Waals surface area contributed by atoms with Gasteiger partial charge in [-0.15, -0.1) is 10.2 Å². The van der Waals surface area contributed by atoms with Gasteiger partial charge in [-0.05, 0) is 48.0 Å². The fourth-order valence-corrected chi connectivity index (χ4v) is 3.99. The third-order valence-electron chi connectivity index (χ3n) is 4.15. The second kappa shape index (κ2) is 8.15. The summed E-state index contributed by atoms with van der Waals surface area (Å²) in [6.45, 7) is 0.872. The number of sulfonamides is 1. The summed E-state index contributed by atoms with van der Waals surface area (Å²) in [5.41, 5.74) is -2.80. The molecule has 0 unspecified atom stereocenters. The van der Waals surface area contributed by atoms with Crippen molar-refractivity contribution in [1.29, 1.82) is 0 Å². The van der Waals surface area contributed by atoms with E-state index in [0.717, 1.165) is 23.0 Å². The average Bonchev–Trinajstić information content (AvgIpc) is 3.07. The molecular formula is C17H16ClF3N6O3S. The number of aliphatic hydroxyl groups is 1. The van der Waals surface area contributed by atoms with Crippen molar-refractivity contribution in [3.8, 4) is 11.5 Å². The van der Waals surface area contributed by atoms with Crippen molar-refractivity contribution in [2.75, 3.05) is 5.75 Å². The minimum Gasteiger partial charge on any atom is -0.383 e. The number of tetrazole rings is 1. The summed E-state index contributed by atoms with van der Waals surface area (Å²) >= 11 is 5.82. The van der Waals surface area contributed by atoms with E-state index < -0.39 is 33.1 Å². The molecule has 0 aliphatic rings. The van der Waals surface area contributed by atoms with E-state index in [1.165, 1.54) is 25.1 Å². The molecule has 0 bridgehead atoms. The summed E-state index contributed by atoms with van der Waals surface area (Å²) in [6, 6.07) is 7.51. The lowest BCUT2D eigenvalue weighted by Crippen LogP contribution is -2.35. The van der Waals surface area contributed by atoms with Crippen LogP contribution in [0, 0.1) is 0 Å². The summed E-state index contributed by atoms with van der Waals surface area (Å²) < 4.78 is 62.4. The molecule has 1 aromatic carbocycles. The van der Waals surface area contributed by atoms with Gasteiger partial charge in [0, 0.05) is 5.02 Å². The Morgan fingerprint density at radius 2 is 1.94 bits per heavy atom. The van der Waals surface area contributed by atoms with E-state index in [2.05, 4.69) is 20.4 Å². The Kier molecular flexibility index (Phi) is 6.06. The third kappa shape index (κ3) is 5.76. The Labute approximate surface area is 179 Å². The maximum Gasteiger partial charge on any atom is 0.416 e. The second-order valence-electron chi connectivity index (χ2n) is 6.93. The monoisotopic (exact) mass is 476 g/mol. The SMILES string of the molecule is C[C@](O)(CS(N)(=O)=O)c1cccc(-c2nnn(Cc3cc(Cl)ccc3C(F)(F)F)n2)n1. The fraction of sp³-hybridized carbons (Fsp3) is 0.294. The lowest BCUT2D eigenvalue weighted by molar-refractivity contribution is -0.138. The number of hydrogen-bond donors (Lipinski definition) is 2. The van der Waals surface area contributed by atoms with Gasteiger partial charge in [-0.25, -0.2) is 18.5 Å². The van der Waals surface area contributed by atoms with E-state index in [1.54, 1.807) is 0 Å². The number of nitrogens with two attached hydrogens (primary N) is 1. The summed E-state index contributed by atoms with van der Waals surface area (Å²) in [4.78, 5) is 5.08. The highest BCUT2D eigenvalue weighted by atomic mass is 35.5. The number of aromatic nitrogens is 5. The molecular weight excluding hydrogens is 461 g/mol.